The number of amides is 1. The minimum atomic E-state index is 0.113. The van der Waals surface area contributed by atoms with E-state index in [0.29, 0.717) is 6.42 Å². The fourth-order valence-corrected chi connectivity index (χ4v) is 3.06. The predicted molar refractivity (Wildman–Crippen MR) is 67.9 cm³/mol. The SMILES string of the molecule is O=C1CCSc2c(ccc3ccccc23)N1. The van der Waals surface area contributed by atoms with E-state index >= 15 is 0 Å². The molecule has 3 heteroatoms. The number of hydrogen-bond acceptors (Lipinski definition) is 2. The summed E-state index contributed by atoms with van der Waals surface area (Å²) in [6.07, 6.45) is 0.591. The van der Waals surface area contributed by atoms with Crippen molar-refractivity contribution in [2.24, 2.45) is 0 Å². The molecule has 2 aromatic carbocycles. The number of benzene rings is 2. The van der Waals surface area contributed by atoms with Crippen LogP contribution in [0.1, 0.15) is 6.42 Å². The second kappa shape index (κ2) is 3.83. The molecule has 0 aromatic heterocycles. The molecule has 0 fully saturated rings. The molecule has 0 saturated heterocycles. The number of hydrogen-bond donors (Lipinski definition) is 1. The number of carbonyl (C=O) groups is 1. The average molecular weight is 229 g/mol. The first-order valence-electron chi connectivity index (χ1n) is 5.29. The van der Waals surface area contributed by atoms with Gasteiger partial charge in [0.1, 0.15) is 0 Å². The van der Waals surface area contributed by atoms with E-state index < -0.39 is 0 Å². The van der Waals surface area contributed by atoms with Gasteiger partial charge in [0.2, 0.25) is 5.91 Å². The zero-order chi connectivity index (χ0) is 11.0. The summed E-state index contributed by atoms with van der Waals surface area (Å²) >= 11 is 1.76. The minimum absolute atomic E-state index is 0.113. The molecule has 0 spiro atoms. The summed E-state index contributed by atoms with van der Waals surface area (Å²) < 4.78 is 0. The van der Waals surface area contributed by atoms with Crippen LogP contribution in [0.2, 0.25) is 0 Å². The van der Waals surface area contributed by atoms with E-state index in [0.717, 1.165) is 11.4 Å². The van der Waals surface area contributed by atoms with Crippen LogP contribution in [0.3, 0.4) is 0 Å². The van der Waals surface area contributed by atoms with Crippen molar-refractivity contribution in [2.45, 2.75) is 11.3 Å². The normalized spacial score (nSPS) is 15.4. The Morgan fingerprint density at radius 2 is 2.00 bits per heavy atom. The summed E-state index contributed by atoms with van der Waals surface area (Å²) in [5, 5.41) is 5.41. The van der Waals surface area contributed by atoms with Crippen molar-refractivity contribution in [1.29, 1.82) is 0 Å². The van der Waals surface area contributed by atoms with Crippen LogP contribution < -0.4 is 5.32 Å². The zero-order valence-corrected chi connectivity index (χ0v) is 9.51. The molecule has 1 aliphatic heterocycles. The Bertz CT molecular complexity index is 565. The van der Waals surface area contributed by atoms with Gasteiger partial charge in [0, 0.05) is 17.1 Å². The van der Waals surface area contributed by atoms with Gasteiger partial charge in [-0.2, -0.15) is 0 Å². The van der Waals surface area contributed by atoms with Gasteiger partial charge < -0.3 is 5.32 Å². The smallest absolute Gasteiger partial charge is 0.225 e. The van der Waals surface area contributed by atoms with Crippen LogP contribution in [0.4, 0.5) is 5.69 Å². The lowest BCUT2D eigenvalue weighted by molar-refractivity contribution is -0.115. The molecule has 80 valence electrons. The van der Waals surface area contributed by atoms with Crippen molar-refractivity contribution in [3.05, 3.63) is 36.4 Å². The Balaban J connectivity index is 2.25. The zero-order valence-electron chi connectivity index (χ0n) is 8.69. The second-order valence-electron chi connectivity index (χ2n) is 3.81. The summed E-state index contributed by atoms with van der Waals surface area (Å²) in [4.78, 5) is 12.7. The predicted octanol–water partition coefficient (Wildman–Crippen LogP) is 3.27. The molecule has 1 amide bonds. The summed E-state index contributed by atoms with van der Waals surface area (Å²) in [6, 6.07) is 12.3. The Morgan fingerprint density at radius 3 is 2.94 bits per heavy atom. The lowest BCUT2D eigenvalue weighted by atomic mass is 10.1. The van der Waals surface area contributed by atoms with E-state index in [4.69, 9.17) is 0 Å². The summed E-state index contributed by atoms with van der Waals surface area (Å²) in [5.41, 5.74) is 0.950. The third-order valence-corrected chi connectivity index (χ3v) is 3.87. The van der Waals surface area contributed by atoms with Crippen molar-refractivity contribution in [2.75, 3.05) is 11.1 Å². The molecule has 1 N–H and O–H groups in total. The number of rotatable bonds is 0. The molecule has 0 bridgehead atoms. The molecule has 1 heterocycles. The van der Waals surface area contributed by atoms with Gasteiger partial charge in [-0.1, -0.05) is 30.3 Å². The molecule has 0 unspecified atom stereocenters. The summed E-state index contributed by atoms with van der Waals surface area (Å²) in [5.74, 6) is 0.967. The molecule has 3 rings (SSSR count). The van der Waals surface area contributed by atoms with E-state index in [2.05, 4.69) is 23.5 Å². The first-order valence-corrected chi connectivity index (χ1v) is 6.27. The van der Waals surface area contributed by atoms with Gasteiger partial charge >= 0.3 is 0 Å². The highest BCUT2D eigenvalue weighted by molar-refractivity contribution is 7.99. The standard InChI is InChI=1S/C13H11NOS/c15-12-7-8-16-13-10-4-2-1-3-9(10)5-6-11(13)14-12/h1-6H,7-8H2,(H,14,15). The molecule has 2 aromatic rings. The van der Waals surface area contributed by atoms with Crippen LogP contribution >= 0.6 is 11.8 Å². The first kappa shape index (κ1) is 9.73. The Labute approximate surface area is 98.0 Å². The summed E-state index contributed by atoms with van der Waals surface area (Å²) in [7, 11) is 0. The number of thioether (sulfide) groups is 1. The van der Waals surface area contributed by atoms with Crippen molar-refractivity contribution < 1.29 is 4.79 Å². The van der Waals surface area contributed by atoms with E-state index in [-0.39, 0.29) is 5.91 Å². The lowest BCUT2D eigenvalue weighted by Crippen LogP contribution is -2.09. The van der Waals surface area contributed by atoms with Gasteiger partial charge in [-0.3, -0.25) is 4.79 Å². The van der Waals surface area contributed by atoms with Crippen LogP contribution in [0.15, 0.2) is 41.3 Å². The third kappa shape index (κ3) is 1.57. The Kier molecular flexibility index (Phi) is 2.33. The van der Waals surface area contributed by atoms with Gasteiger partial charge in [-0.15, -0.1) is 11.8 Å². The fraction of sp³-hybridized carbons (Fsp3) is 0.154. The highest BCUT2D eigenvalue weighted by Crippen LogP contribution is 2.36. The van der Waals surface area contributed by atoms with Crippen molar-refractivity contribution in [3.63, 3.8) is 0 Å². The lowest BCUT2D eigenvalue weighted by Gasteiger charge is -2.09. The van der Waals surface area contributed by atoms with Crippen LogP contribution in [-0.4, -0.2) is 11.7 Å². The van der Waals surface area contributed by atoms with Crippen molar-refractivity contribution >= 4 is 34.1 Å². The molecule has 0 saturated carbocycles. The topological polar surface area (TPSA) is 29.1 Å². The maximum atomic E-state index is 11.5. The quantitative estimate of drug-likeness (QED) is 0.751. The van der Waals surface area contributed by atoms with Gasteiger partial charge in [0.05, 0.1) is 5.69 Å². The molecule has 0 radical (unpaired) electrons. The number of anilines is 1. The van der Waals surface area contributed by atoms with Gasteiger partial charge in [0.25, 0.3) is 0 Å². The largest absolute Gasteiger partial charge is 0.325 e. The van der Waals surface area contributed by atoms with Crippen molar-refractivity contribution in [1.82, 2.24) is 0 Å². The number of carbonyl (C=O) groups excluding carboxylic acids is 1. The van der Waals surface area contributed by atoms with Gasteiger partial charge in [0.15, 0.2) is 0 Å². The molecule has 2 nitrogen and oxygen atoms in total. The van der Waals surface area contributed by atoms with E-state index in [9.17, 15) is 4.79 Å². The second-order valence-corrected chi connectivity index (χ2v) is 4.92. The average Bonchev–Trinajstić information content (AvgIpc) is 2.50. The fourth-order valence-electron chi connectivity index (χ4n) is 1.96. The van der Waals surface area contributed by atoms with E-state index in [1.165, 1.54) is 15.7 Å². The van der Waals surface area contributed by atoms with Crippen LogP contribution in [0.5, 0.6) is 0 Å². The van der Waals surface area contributed by atoms with Crippen LogP contribution in [0, 0.1) is 0 Å². The monoisotopic (exact) mass is 229 g/mol. The van der Waals surface area contributed by atoms with Gasteiger partial charge in [-0.25, -0.2) is 0 Å². The number of nitrogens with one attached hydrogen (secondary N) is 1. The molecular weight excluding hydrogens is 218 g/mol. The minimum Gasteiger partial charge on any atom is -0.325 e. The highest BCUT2D eigenvalue weighted by Gasteiger charge is 2.15. The maximum absolute atomic E-state index is 11.5. The summed E-state index contributed by atoms with van der Waals surface area (Å²) in [6.45, 7) is 0. The van der Waals surface area contributed by atoms with Gasteiger partial charge in [-0.05, 0) is 16.8 Å². The van der Waals surface area contributed by atoms with Crippen LogP contribution in [0.25, 0.3) is 10.8 Å². The molecule has 16 heavy (non-hydrogen) atoms. The Morgan fingerprint density at radius 1 is 1.12 bits per heavy atom. The third-order valence-electron chi connectivity index (χ3n) is 2.73. The molecule has 1 aliphatic rings. The molecule has 0 atom stereocenters. The van der Waals surface area contributed by atoms with Crippen molar-refractivity contribution in [3.8, 4) is 0 Å². The first-order chi connectivity index (χ1) is 7.84. The molecular formula is C13H11NOS. The maximum Gasteiger partial charge on any atom is 0.225 e. The molecule has 0 aliphatic carbocycles. The van der Waals surface area contributed by atoms with Crippen LogP contribution in [-0.2, 0) is 4.79 Å². The Hall–Kier alpha value is -1.48. The van der Waals surface area contributed by atoms with E-state index in [1.807, 2.05) is 18.2 Å². The highest BCUT2D eigenvalue weighted by atomic mass is 32.2. The van der Waals surface area contributed by atoms with E-state index in [1.54, 1.807) is 11.8 Å². The number of fused-ring (bicyclic) bond motifs is 3.